The van der Waals surface area contributed by atoms with Crippen molar-refractivity contribution in [1.82, 2.24) is 4.90 Å². The fourth-order valence-corrected chi connectivity index (χ4v) is 2.73. The van der Waals surface area contributed by atoms with Crippen molar-refractivity contribution in [2.24, 2.45) is 17.6 Å². The molecule has 1 rings (SSSR count). The van der Waals surface area contributed by atoms with Gasteiger partial charge in [0.2, 0.25) is 0 Å². The first-order chi connectivity index (χ1) is 7.11. The first-order valence-electron chi connectivity index (χ1n) is 6.59. The van der Waals surface area contributed by atoms with E-state index in [1.165, 1.54) is 32.4 Å². The second-order valence-corrected chi connectivity index (χ2v) is 5.59. The zero-order valence-corrected chi connectivity index (χ0v) is 10.7. The molecule has 15 heavy (non-hydrogen) atoms. The summed E-state index contributed by atoms with van der Waals surface area (Å²) in [6.45, 7) is 10.5. The van der Waals surface area contributed by atoms with E-state index < -0.39 is 0 Å². The lowest BCUT2D eigenvalue weighted by molar-refractivity contribution is 0.283. The Labute approximate surface area is 95.2 Å². The maximum atomic E-state index is 6.13. The molecular formula is C13H28N2. The molecule has 0 aromatic carbocycles. The predicted octanol–water partition coefficient (Wildman–Crippen LogP) is 2.48. The minimum Gasteiger partial charge on any atom is -0.327 e. The minimum absolute atomic E-state index is 0.380. The van der Waals surface area contributed by atoms with Crippen molar-refractivity contribution in [3.63, 3.8) is 0 Å². The van der Waals surface area contributed by atoms with E-state index in [1.807, 2.05) is 0 Å². The quantitative estimate of drug-likeness (QED) is 0.733. The summed E-state index contributed by atoms with van der Waals surface area (Å²) in [4.78, 5) is 2.56. The van der Waals surface area contributed by atoms with Crippen LogP contribution in [0.15, 0.2) is 0 Å². The number of hydrogen-bond acceptors (Lipinski definition) is 2. The van der Waals surface area contributed by atoms with Gasteiger partial charge in [0.1, 0.15) is 0 Å². The number of nitrogens with two attached hydrogens (primary N) is 1. The molecule has 0 aromatic heterocycles. The summed E-state index contributed by atoms with van der Waals surface area (Å²) in [6, 6.07) is 0.380. The summed E-state index contributed by atoms with van der Waals surface area (Å²) < 4.78 is 0. The molecule has 0 saturated carbocycles. The largest absolute Gasteiger partial charge is 0.327 e. The van der Waals surface area contributed by atoms with Crippen molar-refractivity contribution in [2.45, 2.75) is 52.5 Å². The fraction of sp³-hybridized carbons (Fsp3) is 1.00. The van der Waals surface area contributed by atoms with Crippen LogP contribution >= 0.6 is 0 Å². The van der Waals surface area contributed by atoms with Crippen molar-refractivity contribution < 1.29 is 0 Å². The van der Waals surface area contributed by atoms with Crippen LogP contribution in [0.25, 0.3) is 0 Å². The third-order valence-corrected chi connectivity index (χ3v) is 3.33. The lowest BCUT2D eigenvalue weighted by atomic mass is 10.0. The van der Waals surface area contributed by atoms with Crippen molar-refractivity contribution in [2.75, 3.05) is 19.6 Å². The molecule has 0 radical (unpaired) electrons. The van der Waals surface area contributed by atoms with Gasteiger partial charge in [-0.3, -0.25) is 0 Å². The fourth-order valence-electron chi connectivity index (χ4n) is 2.73. The predicted molar refractivity (Wildman–Crippen MR) is 66.9 cm³/mol. The molecule has 0 aromatic rings. The van der Waals surface area contributed by atoms with E-state index in [1.54, 1.807) is 0 Å². The Balaban J connectivity index is 2.17. The molecule has 2 nitrogen and oxygen atoms in total. The van der Waals surface area contributed by atoms with Crippen LogP contribution in [0.4, 0.5) is 0 Å². The molecule has 1 heterocycles. The Morgan fingerprint density at radius 2 is 2.13 bits per heavy atom. The highest BCUT2D eigenvalue weighted by Crippen LogP contribution is 2.21. The van der Waals surface area contributed by atoms with Gasteiger partial charge < -0.3 is 10.6 Å². The highest BCUT2D eigenvalue weighted by molar-refractivity contribution is 4.78. The first-order valence-corrected chi connectivity index (χ1v) is 6.59. The third kappa shape index (κ3) is 4.98. The van der Waals surface area contributed by atoms with E-state index in [2.05, 4.69) is 25.7 Å². The molecular weight excluding hydrogens is 184 g/mol. The summed E-state index contributed by atoms with van der Waals surface area (Å²) in [5.74, 6) is 1.68. The van der Waals surface area contributed by atoms with Crippen molar-refractivity contribution in [3.8, 4) is 0 Å². The molecule has 2 heteroatoms. The number of likely N-dealkylation sites (tertiary alicyclic amines) is 1. The normalized spacial score (nSPS) is 25.0. The van der Waals surface area contributed by atoms with Crippen molar-refractivity contribution in [3.05, 3.63) is 0 Å². The third-order valence-electron chi connectivity index (χ3n) is 3.33. The molecule has 2 atom stereocenters. The van der Waals surface area contributed by atoms with E-state index in [4.69, 9.17) is 5.73 Å². The molecule has 0 aliphatic carbocycles. The molecule has 1 aliphatic heterocycles. The lowest BCUT2D eigenvalue weighted by Gasteiger charge is -2.22. The molecule has 1 fully saturated rings. The maximum Gasteiger partial charge on any atom is 0.0170 e. The van der Waals surface area contributed by atoms with Crippen LogP contribution in [0, 0.1) is 11.8 Å². The van der Waals surface area contributed by atoms with Gasteiger partial charge >= 0.3 is 0 Å². The summed E-state index contributed by atoms with van der Waals surface area (Å²) in [6.07, 6.45) is 5.28. The average molecular weight is 212 g/mol. The number of nitrogens with zero attached hydrogens (tertiary/aromatic N) is 1. The Morgan fingerprint density at radius 1 is 1.40 bits per heavy atom. The maximum absolute atomic E-state index is 6.13. The Hall–Kier alpha value is -0.0800. The van der Waals surface area contributed by atoms with E-state index in [0.29, 0.717) is 6.04 Å². The van der Waals surface area contributed by atoms with Crippen molar-refractivity contribution >= 4 is 0 Å². The average Bonchev–Trinajstić information content (AvgIpc) is 2.51. The van der Waals surface area contributed by atoms with Crippen LogP contribution in [0.2, 0.25) is 0 Å². The Kier molecular flexibility index (Phi) is 5.62. The molecule has 1 aliphatic rings. The second-order valence-electron chi connectivity index (χ2n) is 5.59. The van der Waals surface area contributed by atoms with Gasteiger partial charge in [0.25, 0.3) is 0 Å². The zero-order valence-electron chi connectivity index (χ0n) is 10.7. The minimum atomic E-state index is 0.380. The smallest absolute Gasteiger partial charge is 0.0170 e. The zero-order chi connectivity index (χ0) is 11.3. The van der Waals surface area contributed by atoms with Gasteiger partial charge in [-0.05, 0) is 37.6 Å². The molecule has 1 saturated heterocycles. The van der Waals surface area contributed by atoms with Gasteiger partial charge in [-0.15, -0.1) is 0 Å². The summed E-state index contributed by atoms with van der Waals surface area (Å²) in [7, 11) is 0. The first kappa shape index (κ1) is 13.0. The van der Waals surface area contributed by atoms with Crippen LogP contribution in [0.3, 0.4) is 0 Å². The van der Waals surface area contributed by atoms with Gasteiger partial charge in [0, 0.05) is 19.1 Å². The van der Waals surface area contributed by atoms with Crippen LogP contribution in [0.5, 0.6) is 0 Å². The molecule has 2 N–H and O–H groups in total. The van der Waals surface area contributed by atoms with Gasteiger partial charge in [0.05, 0.1) is 0 Å². The van der Waals surface area contributed by atoms with Crippen LogP contribution in [0.1, 0.15) is 46.5 Å². The molecule has 90 valence electrons. The standard InChI is InChI=1S/C13H28N2/c1-4-5-12-6-7-15(9-12)10-13(14)8-11(2)3/h11-13H,4-10,14H2,1-3H3. The van der Waals surface area contributed by atoms with Gasteiger partial charge in [-0.2, -0.15) is 0 Å². The monoisotopic (exact) mass is 212 g/mol. The summed E-state index contributed by atoms with van der Waals surface area (Å²) in [5.41, 5.74) is 6.13. The SMILES string of the molecule is CCCC1CCN(CC(N)CC(C)C)C1. The van der Waals surface area contributed by atoms with Crippen LogP contribution in [-0.2, 0) is 0 Å². The topological polar surface area (TPSA) is 29.3 Å². The molecule has 0 bridgehead atoms. The Bertz CT molecular complexity index is 168. The number of rotatable bonds is 6. The highest BCUT2D eigenvalue weighted by Gasteiger charge is 2.22. The lowest BCUT2D eigenvalue weighted by Crippen LogP contribution is -2.37. The van der Waals surface area contributed by atoms with Gasteiger partial charge in [-0.1, -0.05) is 27.2 Å². The molecule has 0 amide bonds. The van der Waals surface area contributed by atoms with Gasteiger partial charge in [-0.25, -0.2) is 0 Å². The van der Waals surface area contributed by atoms with E-state index in [-0.39, 0.29) is 0 Å². The van der Waals surface area contributed by atoms with Crippen molar-refractivity contribution in [1.29, 1.82) is 0 Å². The summed E-state index contributed by atoms with van der Waals surface area (Å²) in [5, 5.41) is 0. The summed E-state index contributed by atoms with van der Waals surface area (Å²) >= 11 is 0. The van der Waals surface area contributed by atoms with Gasteiger partial charge in [0.15, 0.2) is 0 Å². The number of hydrogen-bond donors (Lipinski definition) is 1. The highest BCUT2D eigenvalue weighted by atomic mass is 15.2. The van der Waals surface area contributed by atoms with E-state index in [9.17, 15) is 0 Å². The van der Waals surface area contributed by atoms with Crippen LogP contribution < -0.4 is 5.73 Å². The Morgan fingerprint density at radius 3 is 2.73 bits per heavy atom. The van der Waals surface area contributed by atoms with E-state index in [0.717, 1.165) is 24.8 Å². The molecule has 0 spiro atoms. The molecule has 2 unspecified atom stereocenters. The second kappa shape index (κ2) is 6.49. The van der Waals surface area contributed by atoms with E-state index >= 15 is 0 Å². The van der Waals surface area contributed by atoms with Crippen LogP contribution in [-0.4, -0.2) is 30.6 Å².